The summed E-state index contributed by atoms with van der Waals surface area (Å²) in [6.07, 6.45) is 1.74. The summed E-state index contributed by atoms with van der Waals surface area (Å²) in [6.45, 7) is 2.78. The number of benzene rings is 3. The van der Waals surface area contributed by atoms with Crippen molar-refractivity contribution < 1.29 is 23.7 Å². The lowest BCUT2D eigenvalue weighted by molar-refractivity contribution is -0.0175. The van der Waals surface area contributed by atoms with Gasteiger partial charge in [-0.1, -0.05) is 39.7 Å². The van der Waals surface area contributed by atoms with Gasteiger partial charge in [-0.25, -0.2) is 0 Å². The van der Waals surface area contributed by atoms with Crippen LogP contribution in [0.1, 0.15) is 32.6 Å². The van der Waals surface area contributed by atoms with Crippen LogP contribution < -0.4 is 14.2 Å². The minimum atomic E-state index is -0.138. The third kappa shape index (κ3) is 4.13. The van der Waals surface area contributed by atoms with E-state index >= 15 is 0 Å². The number of ether oxygens (including phenoxy) is 4. The van der Waals surface area contributed by atoms with Crippen molar-refractivity contribution in [3.63, 3.8) is 0 Å². The molecule has 7 heteroatoms. The van der Waals surface area contributed by atoms with E-state index in [1.54, 1.807) is 12.1 Å². The molecule has 2 aliphatic heterocycles. The Kier molecular flexibility index (Phi) is 5.67. The Morgan fingerprint density at radius 2 is 2.06 bits per heavy atom. The van der Waals surface area contributed by atoms with Crippen molar-refractivity contribution in [2.75, 3.05) is 6.79 Å². The third-order valence-electron chi connectivity index (χ3n) is 5.24. The molecule has 0 N–H and O–H groups in total. The minimum absolute atomic E-state index is 0.138. The lowest BCUT2D eigenvalue weighted by Gasteiger charge is -2.21. The second-order valence-corrected chi connectivity index (χ2v) is 8.91. The van der Waals surface area contributed by atoms with E-state index in [4.69, 9.17) is 30.5 Å². The van der Waals surface area contributed by atoms with E-state index in [1.807, 2.05) is 49.4 Å². The molecule has 0 atom stereocenters. The Hall–Kier alpha value is -2.80. The van der Waals surface area contributed by atoms with Crippen LogP contribution in [-0.2, 0) is 18.0 Å². The van der Waals surface area contributed by atoms with Gasteiger partial charge in [0.15, 0.2) is 12.6 Å². The molecule has 0 amide bonds. The topological polar surface area (TPSA) is 54.0 Å². The first-order chi connectivity index (χ1) is 15.5. The molecule has 162 valence electrons. The van der Waals surface area contributed by atoms with Crippen LogP contribution in [0, 0.1) is 6.92 Å². The summed E-state index contributed by atoms with van der Waals surface area (Å²) in [5.41, 5.74) is 3.95. The van der Waals surface area contributed by atoms with E-state index in [0.717, 1.165) is 32.5 Å². The Morgan fingerprint density at radius 1 is 1.19 bits per heavy atom. The van der Waals surface area contributed by atoms with Gasteiger partial charge in [0.05, 0.1) is 12.2 Å². The molecule has 2 heterocycles. The maximum atomic E-state index is 12.9. The number of hydrogen-bond donors (Lipinski definition) is 0. The van der Waals surface area contributed by atoms with E-state index in [-0.39, 0.29) is 24.9 Å². The maximum Gasteiger partial charge on any atom is 0.232 e. The molecule has 0 unspecified atom stereocenters. The molecular weight excluding hydrogens is 496 g/mol. The highest BCUT2D eigenvalue weighted by Crippen LogP contribution is 2.38. The second-order valence-electron chi connectivity index (χ2n) is 7.56. The van der Waals surface area contributed by atoms with Crippen LogP contribution in [0.2, 0.25) is 5.02 Å². The molecule has 5 rings (SSSR count). The number of halogens is 2. The highest BCUT2D eigenvalue weighted by atomic mass is 79.9. The van der Waals surface area contributed by atoms with Crippen molar-refractivity contribution >= 4 is 39.4 Å². The van der Waals surface area contributed by atoms with E-state index in [9.17, 15) is 4.79 Å². The fourth-order valence-corrected chi connectivity index (χ4v) is 4.51. The summed E-state index contributed by atoms with van der Waals surface area (Å²) in [7, 11) is 0. The van der Waals surface area contributed by atoms with Crippen molar-refractivity contribution in [2.45, 2.75) is 20.1 Å². The van der Waals surface area contributed by atoms with Crippen molar-refractivity contribution in [1.29, 1.82) is 0 Å². The van der Waals surface area contributed by atoms with Crippen LogP contribution in [0.5, 0.6) is 17.2 Å². The molecule has 0 saturated heterocycles. The monoisotopic (exact) mass is 512 g/mol. The fraction of sp³-hybridized carbons (Fsp3) is 0.160. The third-order valence-corrected chi connectivity index (χ3v) is 5.95. The number of carbonyl (C=O) groups is 1. The number of aryl methyl sites for hydroxylation is 1. The van der Waals surface area contributed by atoms with Crippen LogP contribution in [0.15, 0.2) is 58.8 Å². The summed E-state index contributed by atoms with van der Waals surface area (Å²) >= 11 is 9.68. The molecule has 0 aromatic heterocycles. The number of rotatable bonds is 4. The predicted molar refractivity (Wildman–Crippen MR) is 124 cm³/mol. The van der Waals surface area contributed by atoms with Crippen LogP contribution in [-0.4, -0.2) is 12.6 Å². The smallest absolute Gasteiger partial charge is 0.232 e. The van der Waals surface area contributed by atoms with Crippen LogP contribution in [0.3, 0.4) is 0 Å². The molecule has 3 aromatic rings. The normalized spacial score (nSPS) is 15.7. The van der Waals surface area contributed by atoms with Gasteiger partial charge in [0.2, 0.25) is 5.78 Å². The maximum absolute atomic E-state index is 12.9. The zero-order valence-corrected chi connectivity index (χ0v) is 19.5. The summed E-state index contributed by atoms with van der Waals surface area (Å²) < 4.78 is 23.8. The molecule has 0 spiro atoms. The van der Waals surface area contributed by atoms with Gasteiger partial charge in [-0.3, -0.25) is 4.79 Å². The summed E-state index contributed by atoms with van der Waals surface area (Å²) in [6, 6.07) is 14.9. The summed E-state index contributed by atoms with van der Waals surface area (Å²) in [5.74, 6) is 1.98. The molecule has 0 aliphatic carbocycles. The molecule has 5 nitrogen and oxygen atoms in total. The zero-order valence-electron chi connectivity index (χ0n) is 17.1. The molecule has 3 aromatic carbocycles. The Balaban J connectivity index is 1.39. The zero-order chi connectivity index (χ0) is 22.2. The molecule has 2 aliphatic rings. The van der Waals surface area contributed by atoms with Crippen LogP contribution >= 0.6 is 27.5 Å². The average molecular weight is 514 g/mol. The van der Waals surface area contributed by atoms with E-state index in [2.05, 4.69) is 15.9 Å². The van der Waals surface area contributed by atoms with Crippen LogP contribution in [0.25, 0.3) is 6.08 Å². The largest absolute Gasteiger partial charge is 0.489 e. The lowest BCUT2D eigenvalue weighted by Crippen LogP contribution is -2.14. The lowest BCUT2D eigenvalue weighted by atomic mass is 10.0. The number of fused-ring (bicyclic) bond motifs is 2. The second kappa shape index (κ2) is 8.62. The molecular formula is C25H18BrClO5. The Bertz CT molecular complexity index is 1270. The van der Waals surface area contributed by atoms with Gasteiger partial charge in [-0.15, -0.1) is 0 Å². The summed E-state index contributed by atoms with van der Waals surface area (Å²) in [5, 5.41) is 0.595. The Morgan fingerprint density at radius 3 is 2.91 bits per heavy atom. The van der Waals surface area contributed by atoms with E-state index in [1.165, 1.54) is 0 Å². The van der Waals surface area contributed by atoms with Gasteiger partial charge in [-0.2, -0.15) is 0 Å². The number of Topliss-reactive ketones (excluding diaryl/α,β-unsaturated/α-hetero) is 1. The number of ketones is 1. The Labute approximate surface area is 198 Å². The predicted octanol–water partition coefficient (Wildman–Crippen LogP) is 6.47. The molecule has 0 fully saturated rings. The van der Waals surface area contributed by atoms with E-state index < -0.39 is 0 Å². The van der Waals surface area contributed by atoms with Crippen molar-refractivity contribution in [1.82, 2.24) is 0 Å². The van der Waals surface area contributed by atoms with Crippen LogP contribution in [0.4, 0.5) is 0 Å². The van der Waals surface area contributed by atoms with Gasteiger partial charge in [0.25, 0.3) is 0 Å². The van der Waals surface area contributed by atoms with Crippen molar-refractivity contribution in [2.24, 2.45) is 0 Å². The number of carbonyl (C=O) groups excluding carboxylic acids is 1. The minimum Gasteiger partial charge on any atom is -0.489 e. The highest BCUT2D eigenvalue weighted by molar-refractivity contribution is 9.10. The van der Waals surface area contributed by atoms with Crippen molar-refractivity contribution in [3.8, 4) is 17.2 Å². The number of hydrogen-bond acceptors (Lipinski definition) is 5. The quantitative estimate of drug-likeness (QED) is 0.374. The molecule has 0 saturated carbocycles. The molecule has 0 bridgehead atoms. The first-order valence-corrected chi connectivity index (χ1v) is 11.1. The van der Waals surface area contributed by atoms with Gasteiger partial charge in [0, 0.05) is 26.7 Å². The van der Waals surface area contributed by atoms with Gasteiger partial charge in [0.1, 0.15) is 23.9 Å². The van der Waals surface area contributed by atoms with E-state index in [0.29, 0.717) is 28.7 Å². The van der Waals surface area contributed by atoms with Gasteiger partial charge >= 0.3 is 0 Å². The van der Waals surface area contributed by atoms with Gasteiger partial charge < -0.3 is 18.9 Å². The highest BCUT2D eigenvalue weighted by Gasteiger charge is 2.30. The SMILES string of the molecule is Cc1cc(OCc2cc(Cl)cc3c2OCOC3)cc2c1C(=O)/C(=C/c1cccc(Br)c1)O2. The standard InChI is InChI=1S/C25H18BrClO5/c1-14-5-20(30-12-17-9-19(27)8-16-11-29-13-31-25(16)17)10-21-23(14)24(28)22(32-21)7-15-3-2-4-18(26)6-15/h2-10H,11-13H2,1H3/b22-7-. The number of allylic oxidation sites excluding steroid dienone is 1. The van der Waals surface area contributed by atoms with Crippen molar-refractivity contribution in [3.05, 3.63) is 91.6 Å². The van der Waals surface area contributed by atoms with Gasteiger partial charge in [-0.05, 0) is 54.5 Å². The molecule has 32 heavy (non-hydrogen) atoms. The molecule has 0 radical (unpaired) electrons. The summed E-state index contributed by atoms with van der Waals surface area (Å²) in [4.78, 5) is 12.9. The first-order valence-electron chi connectivity index (χ1n) is 9.97. The fourth-order valence-electron chi connectivity index (χ4n) is 3.83. The average Bonchev–Trinajstić information content (AvgIpc) is 3.07. The first kappa shape index (κ1) is 21.1.